The molecule has 134 valence electrons. The topological polar surface area (TPSA) is 69.8 Å². The lowest BCUT2D eigenvalue weighted by Gasteiger charge is -2.16. The highest BCUT2D eigenvalue weighted by atomic mass is 127. The second kappa shape index (κ2) is 14.8. The van der Waals surface area contributed by atoms with Gasteiger partial charge in [-0.25, -0.2) is 0 Å². The number of furan rings is 1. The van der Waals surface area contributed by atoms with Crippen LogP contribution in [-0.4, -0.2) is 36.8 Å². The average Bonchev–Trinajstić information content (AvgIpc) is 3.03. The average molecular weight is 437 g/mol. The van der Waals surface area contributed by atoms with Crippen LogP contribution in [0, 0.1) is 0 Å². The van der Waals surface area contributed by atoms with Crippen LogP contribution in [0.5, 0.6) is 0 Å². The molecule has 0 saturated heterocycles. The smallest absolute Gasteiger partial charge is 0.191 e. The first kappa shape index (κ1) is 22.2. The quantitative estimate of drug-likeness (QED) is 0.215. The molecule has 3 N–H and O–H groups in total. The van der Waals surface area contributed by atoms with E-state index in [0.29, 0.717) is 12.6 Å². The number of aliphatic hydroxyl groups is 1. The van der Waals surface area contributed by atoms with E-state index < -0.39 is 0 Å². The van der Waals surface area contributed by atoms with Crippen LogP contribution in [0.25, 0.3) is 0 Å². The second-order valence-electron chi connectivity index (χ2n) is 5.58. The van der Waals surface area contributed by atoms with Crippen molar-refractivity contribution >= 4 is 29.9 Å². The lowest BCUT2D eigenvalue weighted by molar-refractivity contribution is 0.282. The van der Waals surface area contributed by atoms with Crippen LogP contribution in [0.4, 0.5) is 0 Å². The van der Waals surface area contributed by atoms with Gasteiger partial charge in [0.15, 0.2) is 5.96 Å². The summed E-state index contributed by atoms with van der Waals surface area (Å²) >= 11 is 0. The number of nitrogens with zero attached hydrogens (tertiary/aromatic N) is 1. The molecule has 1 unspecified atom stereocenters. The van der Waals surface area contributed by atoms with Crippen molar-refractivity contribution in [3.8, 4) is 0 Å². The molecule has 0 saturated carbocycles. The van der Waals surface area contributed by atoms with Crippen molar-refractivity contribution in [1.29, 1.82) is 0 Å². The highest BCUT2D eigenvalue weighted by molar-refractivity contribution is 14.0. The Morgan fingerprint density at radius 2 is 2.09 bits per heavy atom. The maximum atomic E-state index is 8.76. The van der Waals surface area contributed by atoms with Gasteiger partial charge in [-0.15, -0.1) is 24.0 Å². The molecular weight excluding hydrogens is 405 g/mol. The van der Waals surface area contributed by atoms with Gasteiger partial charge >= 0.3 is 0 Å². The maximum absolute atomic E-state index is 8.76. The van der Waals surface area contributed by atoms with E-state index in [2.05, 4.69) is 29.5 Å². The standard InChI is InChI=1S/C17H31N3O2.HI/c1-3-15(2)20-17(18-11-6-4-5-7-13-21)19-12-10-16-9-8-14-22-16;/h8-9,14-15,21H,3-7,10-13H2,1-2H3,(H2,18,19,20);1H. The number of hydrogen-bond acceptors (Lipinski definition) is 3. The largest absolute Gasteiger partial charge is 0.469 e. The monoisotopic (exact) mass is 437 g/mol. The third-order valence-corrected chi connectivity index (χ3v) is 3.58. The fraction of sp³-hybridized carbons (Fsp3) is 0.706. The SMILES string of the molecule is CCC(C)NC(=NCCCCCCO)NCCc1ccco1.I. The molecule has 23 heavy (non-hydrogen) atoms. The normalized spacial score (nSPS) is 12.6. The van der Waals surface area contributed by atoms with E-state index in [1.165, 1.54) is 0 Å². The zero-order valence-electron chi connectivity index (χ0n) is 14.4. The van der Waals surface area contributed by atoms with Crippen molar-refractivity contribution in [3.63, 3.8) is 0 Å². The predicted octanol–water partition coefficient (Wildman–Crippen LogP) is 3.33. The van der Waals surface area contributed by atoms with Gasteiger partial charge in [0.05, 0.1) is 6.26 Å². The molecule has 0 amide bonds. The molecule has 1 aromatic rings. The number of guanidine groups is 1. The minimum atomic E-state index is 0. The number of unbranched alkanes of at least 4 members (excludes halogenated alkanes) is 3. The molecule has 0 aliphatic rings. The first-order chi connectivity index (χ1) is 10.8. The number of halogens is 1. The van der Waals surface area contributed by atoms with E-state index in [1.54, 1.807) is 6.26 Å². The van der Waals surface area contributed by atoms with Crippen LogP contribution in [0.1, 0.15) is 51.7 Å². The Kier molecular flexibility index (Phi) is 14.3. The van der Waals surface area contributed by atoms with E-state index in [-0.39, 0.29) is 24.0 Å². The van der Waals surface area contributed by atoms with Crippen LogP contribution in [0.3, 0.4) is 0 Å². The van der Waals surface area contributed by atoms with E-state index in [9.17, 15) is 0 Å². The Hall–Kier alpha value is -0.760. The fourth-order valence-corrected chi connectivity index (χ4v) is 2.01. The van der Waals surface area contributed by atoms with Crippen molar-refractivity contribution in [2.75, 3.05) is 19.7 Å². The summed E-state index contributed by atoms with van der Waals surface area (Å²) in [5.41, 5.74) is 0. The number of aliphatic imine (C=N–C) groups is 1. The van der Waals surface area contributed by atoms with E-state index in [4.69, 9.17) is 9.52 Å². The first-order valence-electron chi connectivity index (χ1n) is 8.44. The molecule has 0 aliphatic heterocycles. The van der Waals surface area contributed by atoms with Crippen LogP contribution >= 0.6 is 24.0 Å². The Labute approximate surface area is 157 Å². The molecule has 0 aromatic carbocycles. The van der Waals surface area contributed by atoms with Crippen LogP contribution in [0.15, 0.2) is 27.8 Å². The highest BCUT2D eigenvalue weighted by Gasteiger charge is 2.04. The number of aliphatic hydroxyl groups excluding tert-OH is 1. The zero-order valence-corrected chi connectivity index (χ0v) is 16.7. The maximum Gasteiger partial charge on any atom is 0.191 e. The number of rotatable bonds is 11. The minimum Gasteiger partial charge on any atom is -0.469 e. The summed E-state index contributed by atoms with van der Waals surface area (Å²) in [5.74, 6) is 1.86. The van der Waals surface area contributed by atoms with Crippen LogP contribution in [0.2, 0.25) is 0 Å². The molecule has 0 aliphatic carbocycles. The van der Waals surface area contributed by atoms with Crippen molar-refractivity contribution in [2.45, 2.75) is 58.4 Å². The number of nitrogens with one attached hydrogen (secondary N) is 2. The summed E-state index contributed by atoms with van der Waals surface area (Å²) in [4.78, 5) is 4.63. The molecular formula is C17H32IN3O2. The lowest BCUT2D eigenvalue weighted by atomic mass is 10.2. The fourth-order valence-electron chi connectivity index (χ4n) is 2.01. The summed E-state index contributed by atoms with van der Waals surface area (Å²) in [5, 5.41) is 15.5. The third kappa shape index (κ3) is 11.4. The summed E-state index contributed by atoms with van der Waals surface area (Å²) in [7, 11) is 0. The molecule has 1 aromatic heterocycles. The van der Waals surface area contributed by atoms with Gasteiger partial charge in [-0.3, -0.25) is 4.99 Å². The number of hydrogen-bond donors (Lipinski definition) is 3. The highest BCUT2D eigenvalue weighted by Crippen LogP contribution is 2.01. The molecule has 0 fully saturated rings. The zero-order chi connectivity index (χ0) is 16.0. The summed E-state index contributed by atoms with van der Waals surface area (Å²) in [6, 6.07) is 4.31. The summed E-state index contributed by atoms with van der Waals surface area (Å²) < 4.78 is 5.33. The second-order valence-corrected chi connectivity index (χ2v) is 5.58. The van der Waals surface area contributed by atoms with Gasteiger partial charge in [0.2, 0.25) is 0 Å². The van der Waals surface area contributed by atoms with Crippen LogP contribution in [-0.2, 0) is 6.42 Å². The van der Waals surface area contributed by atoms with E-state index in [0.717, 1.165) is 63.3 Å². The van der Waals surface area contributed by atoms with Crippen molar-refractivity contribution in [1.82, 2.24) is 10.6 Å². The Morgan fingerprint density at radius 1 is 1.30 bits per heavy atom. The van der Waals surface area contributed by atoms with E-state index >= 15 is 0 Å². The van der Waals surface area contributed by atoms with Gasteiger partial charge in [0.25, 0.3) is 0 Å². The Balaban J connectivity index is 0.00000484. The lowest BCUT2D eigenvalue weighted by Crippen LogP contribution is -2.42. The Bertz CT molecular complexity index is 397. The van der Waals surface area contributed by atoms with Gasteiger partial charge in [-0.2, -0.15) is 0 Å². The van der Waals surface area contributed by atoms with Crippen molar-refractivity contribution in [2.24, 2.45) is 4.99 Å². The third-order valence-electron chi connectivity index (χ3n) is 3.58. The minimum absolute atomic E-state index is 0. The van der Waals surface area contributed by atoms with Gasteiger partial charge < -0.3 is 20.2 Å². The molecule has 6 heteroatoms. The molecule has 5 nitrogen and oxygen atoms in total. The molecule has 1 heterocycles. The van der Waals surface area contributed by atoms with Gasteiger partial charge in [-0.1, -0.05) is 19.8 Å². The molecule has 1 rings (SSSR count). The van der Waals surface area contributed by atoms with E-state index in [1.807, 2.05) is 12.1 Å². The first-order valence-corrected chi connectivity index (χ1v) is 8.44. The van der Waals surface area contributed by atoms with Gasteiger partial charge in [0, 0.05) is 32.2 Å². The Morgan fingerprint density at radius 3 is 2.74 bits per heavy atom. The van der Waals surface area contributed by atoms with Crippen molar-refractivity contribution in [3.05, 3.63) is 24.2 Å². The molecule has 1 atom stereocenters. The van der Waals surface area contributed by atoms with Gasteiger partial charge in [0.1, 0.15) is 5.76 Å². The van der Waals surface area contributed by atoms with Crippen molar-refractivity contribution < 1.29 is 9.52 Å². The van der Waals surface area contributed by atoms with Crippen LogP contribution < -0.4 is 10.6 Å². The molecule has 0 bridgehead atoms. The predicted molar refractivity (Wildman–Crippen MR) is 107 cm³/mol. The summed E-state index contributed by atoms with van der Waals surface area (Å²) in [6.07, 6.45) is 7.77. The summed E-state index contributed by atoms with van der Waals surface area (Å²) in [6.45, 7) is 6.23. The molecule has 0 radical (unpaired) electrons. The van der Waals surface area contributed by atoms with Gasteiger partial charge in [-0.05, 0) is 38.3 Å². The molecule has 0 spiro atoms.